The van der Waals surface area contributed by atoms with Crippen molar-refractivity contribution in [2.45, 2.75) is 13.0 Å². The highest BCUT2D eigenvalue weighted by molar-refractivity contribution is 5.86. The van der Waals surface area contributed by atoms with E-state index in [9.17, 15) is 9.59 Å². The summed E-state index contributed by atoms with van der Waals surface area (Å²) in [5.74, 6) is -0.626. The van der Waals surface area contributed by atoms with Crippen LogP contribution in [0.3, 0.4) is 0 Å². The Balaban J connectivity index is 2.24. The molecule has 0 spiro atoms. The largest absolute Gasteiger partial charge is 0.477 e. The summed E-state index contributed by atoms with van der Waals surface area (Å²) in [4.78, 5) is 28.0. The van der Waals surface area contributed by atoms with Gasteiger partial charge in [-0.25, -0.2) is 9.78 Å². The topological polar surface area (TPSA) is 82.5 Å². The number of rotatable bonds is 2. The van der Waals surface area contributed by atoms with E-state index in [1.807, 2.05) is 6.92 Å². The molecule has 0 bridgehead atoms. The molecule has 17 heavy (non-hydrogen) atoms. The summed E-state index contributed by atoms with van der Waals surface area (Å²) in [6, 6.07) is 4.80. The molecule has 2 rings (SSSR count). The number of hydrogen-bond acceptors (Lipinski definition) is 4. The van der Waals surface area contributed by atoms with Gasteiger partial charge >= 0.3 is 5.97 Å². The minimum Gasteiger partial charge on any atom is -0.477 e. The lowest BCUT2D eigenvalue weighted by Gasteiger charge is -2.32. The number of anilines is 1. The van der Waals surface area contributed by atoms with Gasteiger partial charge in [-0.05, 0) is 19.1 Å². The molecule has 90 valence electrons. The second-order valence-corrected chi connectivity index (χ2v) is 4.04. The third-order valence-electron chi connectivity index (χ3n) is 2.51. The van der Waals surface area contributed by atoms with Crippen molar-refractivity contribution in [1.82, 2.24) is 10.3 Å². The molecule has 1 amide bonds. The average Bonchev–Trinajstić information content (AvgIpc) is 2.28. The lowest BCUT2D eigenvalue weighted by molar-refractivity contribution is -0.121. The predicted octanol–water partition coefficient (Wildman–Crippen LogP) is 0.105. The monoisotopic (exact) mass is 235 g/mol. The zero-order chi connectivity index (χ0) is 12.4. The second-order valence-electron chi connectivity index (χ2n) is 4.04. The number of carboxylic acids is 1. The Labute approximate surface area is 98.3 Å². The van der Waals surface area contributed by atoms with Gasteiger partial charge in [-0.2, -0.15) is 0 Å². The smallest absolute Gasteiger partial charge is 0.354 e. The first-order valence-corrected chi connectivity index (χ1v) is 5.31. The highest BCUT2D eigenvalue weighted by Crippen LogP contribution is 2.14. The number of hydrogen-bond donors (Lipinski definition) is 2. The number of carbonyl (C=O) groups excluding carboxylic acids is 1. The molecule has 1 atom stereocenters. The molecule has 1 fully saturated rings. The summed E-state index contributed by atoms with van der Waals surface area (Å²) in [5, 5.41) is 11.6. The van der Waals surface area contributed by atoms with Crippen molar-refractivity contribution in [1.29, 1.82) is 0 Å². The normalized spacial score (nSPS) is 19.9. The molecule has 6 heteroatoms. The van der Waals surface area contributed by atoms with E-state index in [-0.39, 0.29) is 24.2 Å². The van der Waals surface area contributed by atoms with Gasteiger partial charge in [-0.1, -0.05) is 6.07 Å². The molecule has 0 radical (unpaired) electrons. The van der Waals surface area contributed by atoms with Crippen molar-refractivity contribution in [2.75, 3.05) is 18.0 Å². The maximum absolute atomic E-state index is 11.4. The van der Waals surface area contributed by atoms with E-state index in [2.05, 4.69) is 10.3 Å². The average molecular weight is 235 g/mol. The first kappa shape index (κ1) is 11.4. The molecule has 6 nitrogen and oxygen atoms in total. The third-order valence-corrected chi connectivity index (χ3v) is 2.51. The van der Waals surface area contributed by atoms with E-state index in [1.54, 1.807) is 17.0 Å². The van der Waals surface area contributed by atoms with Crippen LogP contribution in [0.1, 0.15) is 17.4 Å². The lowest BCUT2D eigenvalue weighted by Crippen LogP contribution is -2.53. The maximum Gasteiger partial charge on any atom is 0.354 e. The summed E-state index contributed by atoms with van der Waals surface area (Å²) < 4.78 is 0. The summed E-state index contributed by atoms with van der Waals surface area (Å²) in [6.07, 6.45) is 0. The maximum atomic E-state index is 11.4. The Morgan fingerprint density at radius 3 is 3.00 bits per heavy atom. The summed E-state index contributed by atoms with van der Waals surface area (Å²) in [5.41, 5.74) is -0.0128. The van der Waals surface area contributed by atoms with Gasteiger partial charge in [-0.15, -0.1) is 0 Å². The summed E-state index contributed by atoms with van der Waals surface area (Å²) >= 11 is 0. The quantitative estimate of drug-likeness (QED) is 0.760. The minimum atomic E-state index is -1.07. The highest BCUT2D eigenvalue weighted by atomic mass is 16.4. The van der Waals surface area contributed by atoms with E-state index in [0.29, 0.717) is 12.4 Å². The van der Waals surface area contributed by atoms with Gasteiger partial charge in [0, 0.05) is 12.6 Å². The Morgan fingerprint density at radius 1 is 1.59 bits per heavy atom. The van der Waals surface area contributed by atoms with E-state index < -0.39 is 5.97 Å². The van der Waals surface area contributed by atoms with Crippen LogP contribution in [-0.4, -0.2) is 41.1 Å². The van der Waals surface area contributed by atoms with Crippen LogP contribution < -0.4 is 10.2 Å². The van der Waals surface area contributed by atoms with Gasteiger partial charge in [0.05, 0.1) is 6.54 Å². The van der Waals surface area contributed by atoms with Gasteiger partial charge in [0.1, 0.15) is 5.82 Å². The van der Waals surface area contributed by atoms with Gasteiger partial charge in [-0.3, -0.25) is 4.79 Å². The van der Waals surface area contributed by atoms with Crippen LogP contribution in [0.25, 0.3) is 0 Å². The summed E-state index contributed by atoms with van der Waals surface area (Å²) in [6.45, 7) is 2.73. The number of aromatic nitrogens is 1. The lowest BCUT2D eigenvalue weighted by atomic mass is 10.2. The van der Waals surface area contributed by atoms with Crippen LogP contribution in [0.15, 0.2) is 18.2 Å². The number of pyridine rings is 1. The minimum absolute atomic E-state index is 0.0128. The number of piperazine rings is 1. The number of amides is 1. The van der Waals surface area contributed by atoms with Gasteiger partial charge in [0.2, 0.25) is 5.91 Å². The molecule has 0 saturated carbocycles. The number of nitrogens with zero attached hydrogens (tertiary/aromatic N) is 2. The number of nitrogens with one attached hydrogen (secondary N) is 1. The Hall–Kier alpha value is -2.11. The van der Waals surface area contributed by atoms with Crippen LogP contribution in [0.5, 0.6) is 0 Å². The molecule has 1 aromatic rings. The van der Waals surface area contributed by atoms with Gasteiger partial charge in [0.15, 0.2) is 5.69 Å². The molecule has 1 aliphatic rings. The van der Waals surface area contributed by atoms with E-state index in [0.717, 1.165) is 0 Å². The van der Waals surface area contributed by atoms with Crippen LogP contribution >= 0.6 is 0 Å². The molecule has 1 aliphatic heterocycles. The van der Waals surface area contributed by atoms with Gasteiger partial charge < -0.3 is 15.3 Å². The zero-order valence-electron chi connectivity index (χ0n) is 9.38. The number of aromatic carboxylic acids is 1. The van der Waals surface area contributed by atoms with Crippen LogP contribution in [0.2, 0.25) is 0 Å². The van der Waals surface area contributed by atoms with E-state index >= 15 is 0 Å². The Bertz CT molecular complexity index is 461. The van der Waals surface area contributed by atoms with Crippen molar-refractivity contribution in [3.8, 4) is 0 Å². The SMILES string of the molecule is CC1CN(c2cccc(C(=O)O)n2)CC(=O)N1. The first-order chi connectivity index (χ1) is 8.06. The number of carbonyl (C=O) groups is 2. The van der Waals surface area contributed by atoms with Crippen molar-refractivity contribution in [3.05, 3.63) is 23.9 Å². The van der Waals surface area contributed by atoms with E-state index in [1.165, 1.54) is 6.07 Å². The molecule has 1 saturated heterocycles. The molecule has 2 N–H and O–H groups in total. The van der Waals surface area contributed by atoms with Crippen molar-refractivity contribution >= 4 is 17.7 Å². The Morgan fingerprint density at radius 2 is 2.35 bits per heavy atom. The third kappa shape index (κ3) is 2.52. The van der Waals surface area contributed by atoms with Crippen LogP contribution in [0, 0.1) is 0 Å². The highest BCUT2D eigenvalue weighted by Gasteiger charge is 2.22. The standard InChI is InChI=1S/C11H13N3O3/c1-7-5-14(6-10(15)12-7)9-4-2-3-8(13-9)11(16)17/h2-4,7H,5-6H2,1H3,(H,12,15)(H,16,17). The van der Waals surface area contributed by atoms with Crippen LogP contribution in [0.4, 0.5) is 5.82 Å². The molecule has 0 aromatic carbocycles. The van der Waals surface area contributed by atoms with Crippen LogP contribution in [-0.2, 0) is 4.79 Å². The fraction of sp³-hybridized carbons (Fsp3) is 0.364. The van der Waals surface area contributed by atoms with E-state index in [4.69, 9.17) is 5.11 Å². The molecule has 2 heterocycles. The molecule has 0 aliphatic carbocycles. The molecular weight excluding hydrogens is 222 g/mol. The number of carboxylic acid groups (broad SMARTS) is 1. The Kier molecular flexibility index (Phi) is 2.95. The van der Waals surface area contributed by atoms with Crippen molar-refractivity contribution in [3.63, 3.8) is 0 Å². The fourth-order valence-corrected chi connectivity index (χ4v) is 1.83. The van der Waals surface area contributed by atoms with Crippen molar-refractivity contribution in [2.24, 2.45) is 0 Å². The van der Waals surface area contributed by atoms with Crippen molar-refractivity contribution < 1.29 is 14.7 Å². The summed E-state index contributed by atoms with van der Waals surface area (Å²) in [7, 11) is 0. The van der Waals surface area contributed by atoms with Gasteiger partial charge in [0.25, 0.3) is 0 Å². The molecule has 1 aromatic heterocycles. The predicted molar refractivity (Wildman–Crippen MR) is 61.0 cm³/mol. The molecular formula is C11H13N3O3. The first-order valence-electron chi connectivity index (χ1n) is 5.31. The molecule has 1 unspecified atom stereocenters. The zero-order valence-corrected chi connectivity index (χ0v) is 9.38. The fourth-order valence-electron chi connectivity index (χ4n) is 1.83. The second kappa shape index (κ2) is 4.40.